The van der Waals surface area contributed by atoms with Gasteiger partial charge in [0.15, 0.2) is 11.7 Å². The highest BCUT2D eigenvalue weighted by Crippen LogP contribution is 2.25. The van der Waals surface area contributed by atoms with Crippen LogP contribution in [0, 0.1) is 11.3 Å². The van der Waals surface area contributed by atoms with Crippen molar-refractivity contribution in [3.05, 3.63) is 58.6 Å². The number of benzene rings is 2. The van der Waals surface area contributed by atoms with Crippen molar-refractivity contribution in [3.63, 3.8) is 0 Å². The highest BCUT2D eigenvalue weighted by molar-refractivity contribution is 5.83. The van der Waals surface area contributed by atoms with Crippen molar-refractivity contribution in [1.82, 2.24) is 24.6 Å². The van der Waals surface area contributed by atoms with Gasteiger partial charge in [0, 0.05) is 58.8 Å². The minimum atomic E-state index is -0.898. The van der Waals surface area contributed by atoms with Crippen LogP contribution in [0.3, 0.4) is 0 Å². The number of carbonyl (C=O) groups is 2. The fourth-order valence-corrected chi connectivity index (χ4v) is 5.70. The molecule has 0 aliphatic carbocycles. The second-order valence-electron chi connectivity index (χ2n) is 13.1. The third-order valence-corrected chi connectivity index (χ3v) is 8.32. The number of oxazole rings is 1. The van der Waals surface area contributed by atoms with Crippen LogP contribution in [0.25, 0.3) is 22.2 Å². The van der Waals surface area contributed by atoms with Crippen LogP contribution in [0.15, 0.2) is 51.7 Å². The molecule has 46 heavy (non-hydrogen) atoms. The molecule has 1 aromatic heterocycles. The lowest BCUT2D eigenvalue weighted by atomic mass is 10.0. The van der Waals surface area contributed by atoms with Crippen LogP contribution in [-0.2, 0) is 27.2 Å². The van der Waals surface area contributed by atoms with Gasteiger partial charge in [0.2, 0.25) is 0 Å². The Morgan fingerprint density at radius 1 is 1.04 bits per heavy atom. The van der Waals surface area contributed by atoms with Crippen molar-refractivity contribution >= 4 is 23.1 Å². The molecule has 3 aromatic rings. The summed E-state index contributed by atoms with van der Waals surface area (Å²) in [6.07, 6.45) is -0.504. The van der Waals surface area contributed by atoms with Crippen LogP contribution in [0.1, 0.15) is 32.8 Å². The Morgan fingerprint density at radius 3 is 2.46 bits per heavy atom. The summed E-state index contributed by atoms with van der Waals surface area (Å²) in [6.45, 7) is 11.5. The minimum absolute atomic E-state index is 0.0539. The molecule has 246 valence electrons. The molecule has 12 nitrogen and oxygen atoms in total. The summed E-state index contributed by atoms with van der Waals surface area (Å²) in [6, 6.07) is 14.9. The number of hydrogen-bond acceptors (Lipinski definition) is 9. The molecule has 1 N–H and O–H groups in total. The van der Waals surface area contributed by atoms with Crippen molar-refractivity contribution in [2.75, 3.05) is 59.5 Å². The molecule has 2 atom stereocenters. The second-order valence-corrected chi connectivity index (χ2v) is 13.1. The predicted molar refractivity (Wildman–Crippen MR) is 173 cm³/mol. The van der Waals surface area contributed by atoms with E-state index < -0.39 is 29.7 Å². The molecule has 2 aliphatic heterocycles. The Balaban J connectivity index is 1.20. The zero-order valence-electron chi connectivity index (χ0n) is 27.2. The van der Waals surface area contributed by atoms with Gasteiger partial charge in [-0.3, -0.25) is 14.3 Å². The maximum atomic E-state index is 13.1. The Kier molecular flexibility index (Phi) is 10.5. The molecule has 0 spiro atoms. The number of rotatable bonds is 8. The topological polar surface area (TPSA) is 133 Å². The predicted octanol–water partition coefficient (Wildman–Crippen LogP) is 3.09. The van der Waals surface area contributed by atoms with Crippen molar-refractivity contribution in [2.24, 2.45) is 0 Å². The SMILES string of the molecule is CN1CCN(CCn2c(=O)oc3ccc(-c4ccc(C[C@@H](C#N)NC(=O)[C@@H]5CN(C(=O)OC(C)(C)C)CCCO5)cc4)cc32)CC1. The first kappa shape index (κ1) is 33.2. The van der Waals surface area contributed by atoms with Crippen LogP contribution in [0.5, 0.6) is 0 Å². The smallest absolute Gasteiger partial charge is 0.419 e. The number of nitriles is 1. The number of hydrogen-bond donors (Lipinski definition) is 1. The van der Waals surface area contributed by atoms with E-state index in [1.807, 2.05) is 42.5 Å². The number of carbonyl (C=O) groups excluding carboxylic acids is 2. The summed E-state index contributed by atoms with van der Waals surface area (Å²) in [5.74, 6) is -0.793. The fourth-order valence-electron chi connectivity index (χ4n) is 5.70. The Hall–Kier alpha value is -4.18. The van der Waals surface area contributed by atoms with E-state index in [1.165, 1.54) is 4.90 Å². The second kappa shape index (κ2) is 14.5. The molecule has 0 saturated carbocycles. The molecule has 2 fully saturated rings. The van der Waals surface area contributed by atoms with Crippen molar-refractivity contribution < 1.29 is 23.5 Å². The van der Waals surface area contributed by atoms with Gasteiger partial charge >= 0.3 is 11.8 Å². The van der Waals surface area contributed by atoms with E-state index in [-0.39, 0.29) is 12.3 Å². The summed E-state index contributed by atoms with van der Waals surface area (Å²) >= 11 is 0. The first-order chi connectivity index (χ1) is 22.0. The molecule has 0 radical (unpaired) electrons. The van der Waals surface area contributed by atoms with E-state index in [0.29, 0.717) is 38.1 Å². The average Bonchev–Trinajstić information content (AvgIpc) is 3.16. The summed E-state index contributed by atoms with van der Waals surface area (Å²) in [5, 5.41) is 12.6. The van der Waals surface area contributed by atoms with Gasteiger partial charge in [0.25, 0.3) is 5.91 Å². The van der Waals surface area contributed by atoms with Crippen LogP contribution >= 0.6 is 0 Å². The van der Waals surface area contributed by atoms with E-state index in [0.717, 1.165) is 54.9 Å². The number of likely N-dealkylation sites (N-methyl/N-ethyl adjacent to an activating group) is 1. The molecular weight excluding hydrogens is 588 g/mol. The summed E-state index contributed by atoms with van der Waals surface area (Å²) in [4.78, 5) is 44.5. The standard InChI is InChI=1S/C34H44N6O6/c1-34(2,3)46-32(42)39-12-5-19-44-30(23-39)31(41)36-27(22-35)20-24-6-8-25(9-7-24)26-10-11-29-28(21-26)40(33(43)45-29)18-17-38-15-13-37(4)14-16-38/h6-11,21,27,30H,5,12-20,23H2,1-4H3,(H,36,41)/t27-,30-/m0/s1. The number of nitrogens with zero attached hydrogens (tertiary/aromatic N) is 5. The first-order valence-corrected chi connectivity index (χ1v) is 15.9. The number of nitrogens with one attached hydrogen (secondary N) is 1. The zero-order chi connectivity index (χ0) is 32.8. The number of fused-ring (bicyclic) bond motifs is 1. The summed E-state index contributed by atoms with van der Waals surface area (Å²) in [5.41, 5.74) is 3.45. The summed E-state index contributed by atoms with van der Waals surface area (Å²) < 4.78 is 18.4. The molecular formula is C34H44N6O6. The van der Waals surface area contributed by atoms with Gasteiger partial charge < -0.3 is 29.0 Å². The van der Waals surface area contributed by atoms with Crippen LogP contribution in [-0.4, -0.2) is 108 Å². The van der Waals surface area contributed by atoms with E-state index >= 15 is 0 Å². The van der Waals surface area contributed by atoms with Crippen LogP contribution in [0.4, 0.5) is 4.79 Å². The van der Waals surface area contributed by atoms with Gasteiger partial charge in [-0.25, -0.2) is 9.59 Å². The zero-order valence-corrected chi connectivity index (χ0v) is 27.2. The quantitative estimate of drug-likeness (QED) is 0.398. The number of aromatic nitrogens is 1. The van der Waals surface area contributed by atoms with Crippen LogP contribution in [0.2, 0.25) is 0 Å². The maximum Gasteiger partial charge on any atom is 0.419 e. The highest BCUT2D eigenvalue weighted by Gasteiger charge is 2.31. The molecule has 5 rings (SSSR count). The molecule has 2 aromatic carbocycles. The van der Waals surface area contributed by atoms with Crippen molar-refractivity contribution in [3.8, 4) is 17.2 Å². The van der Waals surface area contributed by atoms with Gasteiger partial charge in [-0.2, -0.15) is 5.26 Å². The molecule has 2 aliphatic rings. The lowest BCUT2D eigenvalue weighted by Crippen LogP contribution is -2.48. The van der Waals surface area contributed by atoms with Gasteiger partial charge in [-0.15, -0.1) is 0 Å². The van der Waals surface area contributed by atoms with Gasteiger partial charge in [-0.1, -0.05) is 30.3 Å². The molecule has 12 heteroatoms. The minimum Gasteiger partial charge on any atom is -0.444 e. The van der Waals surface area contributed by atoms with E-state index in [4.69, 9.17) is 13.9 Å². The molecule has 0 bridgehead atoms. The molecule has 3 heterocycles. The lowest BCUT2D eigenvalue weighted by molar-refractivity contribution is -0.133. The Morgan fingerprint density at radius 2 is 1.76 bits per heavy atom. The number of ether oxygens (including phenoxy) is 2. The Bertz CT molecular complexity index is 1610. The fraction of sp³-hybridized carbons (Fsp3) is 0.529. The molecule has 2 amide bonds. The molecule has 2 saturated heterocycles. The third-order valence-electron chi connectivity index (χ3n) is 8.32. The van der Waals surface area contributed by atoms with E-state index in [1.54, 1.807) is 25.3 Å². The number of piperazine rings is 1. The largest absolute Gasteiger partial charge is 0.444 e. The maximum absolute atomic E-state index is 13.1. The monoisotopic (exact) mass is 632 g/mol. The molecule has 0 unspecified atom stereocenters. The van der Waals surface area contributed by atoms with Gasteiger partial charge in [0.1, 0.15) is 11.6 Å². The number of amides is 2. The lowest BCUT2D eigenvalue weighted by Gasteiger charge is -2.32. The first-order valence-electron chi connectivity index (χ1n) is 15.9. The summed E-state index contributed by atoms with van der Waals surface area (Å²) in [7, 11) is 2.12. The van der Waals surface area contributed by atoms with Crippen molar-refractivity contribution in [1.29, 1.82) is 5.26 Å². The average molecular weight is 633 g/mol. The van der Waals surface area contributed by atoms with Gasteiger partial charge in [0.05, 0.1) is 18.1 Å². The third kappa shape index (κ3) is 8.54. The highest BCUT2D eigenvalue weighted by atomic mass is 16.6. The van der Waals surface area contributed by atoms with E-state index in [2.05, 4.69) is 28.2 Å². The van der Waals surface area contributed by atoms with E-state index in [9.17, 15) is 19.6 Å². The van der Waals surface area contributed by atoms with Crippen molar-refractivity contribution in [2.45, 2.75) is 57.9 Å². The van der Waals surface area contributed by atoms with Crippen LogP contribution < -0.4 is 11.1 Å². The van der Waals surface area contributed by atoms with Gasteiger partial charge in [-0.05, 0) is 63.1 Å². The normalized spacial score (nSPS) is 18.9. The Labute approximate surface area is 269 Å².